The molecule has 1 unspecified atom stereocenters. The van der Waals surface area contributed by atoms with Crippen LogP contribution in [0.5, 0.6) is 0 Å². The van der Waals surface area contributed by atoms with Gasteiger partial charge in [0.1, 0.15) is 0 Å². The van der Waals surface area contributed by atoms with E-state index >= 15 is 0 Å². The molecule has 0 aliphatic rings. The minimum Gasteiger partial charge on any atom is -0.396 e. The minimum atomic E-state index is -3.79. The molecule has 1 aromatic rings. The van der Waals surface area contributed by atoms with E-state index in [1.54, 1.807) is 6.92 Å². The maximum Gasteiger partial charge on any atom is 0.270 e. The highest BCUT2D eigenvalue weighted by molar-refractivity contribution is 7.89. The number of rotatable bonds is 6. The van der Waals surface area contributed by atoms with Crippen LogP contribution in [0.3, 0.4) is 0 Å². The molecule has 0 bridgehead atoms. The zero-order chi connectivity index (χ0) is 13.8. The standard InChI is InChI=1S/C10H14N2O5S/c1-8(7-13)6-11-18(16,17)10-4-2-3-9(5-10)12(14)15/h2-5,8,11,13H,6-7H2,1H3. The highest BCUT2D eigenvalue weighted by atomic mass is 32.2. The van der Waals surface area contributed by atoms with Crippen LogP contribution in [0.2, 0.25) is 0 Å². The van der Waals surface area contributed by atoms with Gasteiger partial charge in [0.2, 0.25) is 10.0 Å². The van der Waals surface area contributed by atoms with Gasteiger partial charge in [-0.15, -0.1) is 0 Å². The van der Waals surface area contributed by atoms with E-state index in [1.807, 2.05) is 0 Å². The van der Waals surface area contributed by atoms with Gasteiger partial charge in [0, 0.05) is 25.3 Å². The second-order valence-corrected chi connectivity index (χ2v) is 5.66. The summed E-state index contributed by atoms with van der Waals surface area (Å²) in [6, 6.07) is 4.79. The van der Waals surface area contributed by atoms with E-state index in [0.717, 1.165) is 6.07 Å². The summed E-state index contributed by atoms with van der Waals surface area (Å²) >= 11 is 0. The van der Waals surface area contributed by atoms with Crippen LogP contribution < -0.4 is 4.72 Å². The van der Waals surface area contributed by atoms with Gasteiger partial charge in [-0.1, -0.05) is 13.0 Å². The molecule has 7 nitrogen and oxygen atoms in total. The van der Waals surface area contributed by atoms with Crippen LogP contribution in [0, 0.1) is 16.0 Å². The van der Waals surface area contributed by atoms with Gasteiger partial charge in [0.25, 0.3) is 5.69 Å². The second kappa shape index (κ2) is 5.89. The van der Waals surface area contributed by atoms with Gasteiger partial charge in [0.05, 0.1) is 9.82 Å². The number of non-ortho nitro benzene ring substituents is 1. The SMILES string of the molecule is CC(CO)CNS(=O)(=O)c1cccc([N+](=O)[O-])c1. The topological polar surface area (TPSA) is 110 Å². The fraction of sp³-hybridized carbons (Fsp3) is 0.400. The predicted molar refractivity (Wildman–Crippen MR) is 64.5 cm³/mol. The Labute approximate surface area is 105 Å². The largest absolute Gasteiger partial charge is 0.396 e. The second-order valence-electron chi connectivity index (χ2n) is 3.89. The molecule has 18 heavy (non-hydrogen) atoms. The molecular formula is C10H14N2O5S. The number of nitro groups is 1. The maximum atomic E-state index is 11.8. The van der Waals surface area contributed by atoms with Gasteiger partial charge in [-0.05, 0) is 12.0 Å². The molecule has 1 aromatic carbocycles. The van der Waals surface area contributed by atoms with Crippen molar-refractivity contribution in [1.82, 2.24) is 4.72 Å². The first-order chi connectivity index (χ1) is 8.36. The molecule has 0 saturated carbocycles. The van der Waals surface area contributed by atoms with Crippen molar-refractivity contribution in [3.63, 3.8) is 0 Å². The molecule has 2 N–H and O–H groups in total. The summed E-state index contributed by atoms with van der Waals surface area (Å²) in [5, 5.41) is 19.3. The Morgan fingerprint density at radius 1 is 1.50 bits per heavy atom. The Balaban J connectivity index is 2.91. The number of hydrogen-bond acceptors (Lipinski definition) is 5. The first-order valence-corrected chi connectivity index (χ1v) is 6.70. The number of nitrogens with zero attached hydrogens (tertiary/aromatic N) is 1. The monoisotopic (exact) mass is 274 g/mol. The van der Waals surface area contributed by atoms with Crippen molar-refractivity contribution < 1.29 is 18.4 Å². The van der Waals surface area contributed by atoms with E-state index in [0.29, 0.717) is 0 Å². The Kier molecular flexibility index (Phi) is 4.76. The number of nitrogens with one attached hydrogen (secondary N) is 1. The molecule has 0 fully saturated rings. The molecule has 0 aliphatic carbocycles. The van der Waals surface area contributed by atoms with Gasteiger partial charge in [-0.25, -0.2) is 13.1 Å². The Morgan fingerprint density at radius 2 is 2.17 bits per heavy atom. The zero-order valence-electron chi connectivity index (χ0n) is 9.74. The summed E-state index contributed by atoms with van der Waals surface area (Å²) in [6.45, 7) is 1.61. The molecule has 1 rings (SSSR count). The Hall–Kier alpha value is -1.51. The van der Waals surface area contributed by atoms with Gasteiger partial charge in [0.15, 0.2) is 0 Å². The molecule has 0 aliphatic heterocycles. The van der Waals surface area contributed by atoms with Gasteiger partial charge in [-0.2, -0.15) is 0 Å². The highest BCUT2D eigenvalue weighted by Crippen LogP contribution is 2.17. The smallest absolute Gasteiger partial charge is 0.270 e. The van der Waals surface area contributed by atoms with Crippen LogP contribution in [0.1, 0.15) is 6.92 Å². The number of sulfonamides is 1. The average Bonchev–Trinajstić information content (AvgIpc) is 2.36. The van der Waals surface area contributed by atoms with E-state index in [-0.39, 0.29) is 29.7 Å². The normalized spacial score (nSPS) is 13.2. The third-order valence-corrected chi connectivity index (χ3v) is 3.69. The Bertz CT molecular complexity index is 529. The summed E-state index contributed by atoms with van der Waals surface area (Å²) < 4.78 is 25.9. The molecule has 1 atom stereocenters. The van der Waals surface area contributed by atoms with E-state index in [2.05, 4.69) is 4.72 Å². The number of hydrogen-bond donors (Lipinski definition) is 2. The maximum absolute atomic E-state index is 11.8. The molecule has 0 heterocycles. The average molecular weight is 274 g/mol. The van der Waals surface area contributed by atoms with Crippen LogP contribution in [-0.2, 0) is 10.0 Å². The lowest BCUT2D eigenvalue weighted by atomic mass is 10.2. The van der Waals surface area contributed by atoms with E-state index in [9.17, 15) is 18.5 Å². The minimum absolute atomic E-state index is 0.0710. The van der Waals surface area contributed by atoms with Crippen LogP contribution >= 0.6 is 0 Å². The molecule has 0 radical (unpaired) electrons. The highest BCUT2D eigenvalue weighted by Gasteiger charge is 2.17. The number of aliphatic hydroxyl groups is 1. The van der Waals surface area contributed by atoms with E-state index < -0.39 is 14.9 Å². The van der Waals surface area contributed by atoms with Crippen LogP contribution in [0.4, 0.5) is 5.69 Å². The Morgan fingerprint density at radius 3 is 2.72 bits per heavy atom. The predicted octanol–water partition coefficient (Wildman–Crippen LogP) is 0.502. The first-order valence-electron chi connectivity index (χ1n) is 5.22. The van der Waals surface area contributed by atoms with Crippen LogP contribution in [0.25, 0.3) is 0 Å². The fourth-order valence-electron chi connectivity index (χ4n) is 1.16. The molecule has 0 aromatic heterocycles. The molecule has 8 heteroatoms. The van der Waals surface area contributed by atoms with Gasteiger partial charge >= 0.3 is 0 Å². The molecule has 100 valence electrons. The number of aliphatic hydroxyl groups excluding tert-OH is 1. The van der Waals surface area contributed by atoms with Crippen molar-refractivity contribution in [3.05, 3.63) is 34.4 Å². The summed E-state index contributed by atoms with van der Waals surface area (Å²) in [4.78, 5) is 9.73. The number of nitro benzene ring substituents is 1. The summed E-state index contributed by atoms with van der Waals surface area (Å²) in [6.07, 6.45) is 0. The van der Waals surface area contributed by atoms with Crippen molar-refractivity contribution >= 4 is 15.7 Å². The molecular weight excluding hydrogens is 260 g/mol. The quantitative estimate of drug-likeness (QED) is 0.580. The first kappa shape index (κ1) is 14.6. The lowest BCUT2D eigenvalue weighted by Crippen LogP contribution is -2.29. The van der Waals surface area contributed by atoms with Crippen molar-refractivity contribution in [2.75, 3.05) is 13.2 Å². The third kappa shape index (κ3) is 3.76. The lowest BCUT2D eigenvalue weighted by Gasteiger charge is -2.10. The van der Waals surface area contributed by atoms with Crippen LogP contribution in [-0.4, -0.2) is 31.6 Å². The van der Waals surface area contributed by atoms with E-state index in [1.165, 1.54) is 18.2 Å². The molecule has 0 spiro atoms. The van der Waals surface area contributed by atoms with Crippen molar-refractivity contribution in [1.29, 1.82) is 0 Å². The third-order valence-electron chi connectivity index (χ3n) is 2.27. The lowest BCUT2D eigenvalue weighted by molar-refractivity contribution is -0.385. The van der Waals surface area contributed by atoms with Gasteiger partial charge < -0.3 is 5.11 Å². The van der Waals surface area contributed by atoms with E-state index in [4.69, 9.17) is 5.11 Å². The molecule has 0 saturated heterocycles. The van der Waals surface area contributed by atoms with Gasteiger partial charge in [-0.3, -0.25) is 10.1 Å². The molecule has 0 amide bonds. The zero-order valence-corrected chi connectivity index (χ0v) is 10.6. The summed E-state index contributed by atoms with van der Waals surface area (Å²) in [7, 11) is -3.79. The fourth-order valence-corrected chi connectivity index (χ4v) is 2.37. The van der Waals surface area contributed by atoms with Crippen molar-refractivity contribution in [2.24, 2.45) is 5.92 Å². The summed E-state index contributed by atoms with van der Waals surface area (Å²) in [5.41, 5.74) is -0.284. The van der Waals surface area contributed by atoms with Crippen LogP contribution in [0.15, 0.2) is 29.2 Å². The summed E-state index contributed by atoms with van der Waals surface area (Å²) in [5.74, 6) is -0.224. The van der Waals surface area contributed by atoms with Crippen molar-refractivity contribution in [3.8, 4) is 0 Å². The number of benzene rings is 1. The van der Waals surface area contributed by atoms with Crippen molar-refractivity contribution in [2.45, 2.75) is 11.8 Å².